The fraction of sp³-hybridized carbons (Fsp3) is 0.167. The summed E-state index contributed by atoms with van der Waals surface area (Å²) >= 11 is 12.2. The molecule has 130 valence electrons. The lowest BCUT2D eigenvalue weighted by molar-refractivity contribution is 0.453. The molecule has 25 heavy (non-hydrogen) atoms. The third-order valence-corrected chi connectivity index (χ3v) is 4.54. The number of aliphatic imine (C=N–C) groups is 1. The maximum atomic E-state index is 6.60. The molecule has 0 fully saturated rings. The zero-order valence-corrected chi connectivity index (χ0v) is 15.4. The van der Waals surface area contributed by atoms with E-state index in [0.29, 0.717) is 16.0 Å². The first-order chi connectivity index (χ1) is 11.9. The van der Waals surface area contributed by atoms with Crippen LogP contribution in [0.15, 0.2) is 65.4 Å². The molecule has 0 saturated heterocycles. The number of nitrogens with two attached hydrogens (primary N) is 1. The Kier molecular flexibility index (Phi) is 4.90. The first-order valence-corrected chi connectivity index (χ1v) is 8.46. The number of benzene rings is 2. The normalized spacial score (nSPS) is 19.6. The van der Waals surface area contributed by atoms with Crippen LogP contribution in [0.5, 0.6) is 0 Å². The van der Waals surface area contributed by atoms with Gasteiger partial charge in [0.2, 0.25) is 5.96 Å². The predicted molar refractivity (Wildman–Crippen MR) is 105 cm³/mol. The molecule has 5 nitrogen and oxygen atoms in total. The van der Waals surface area contributed by atoms with Crippen molar-refractivity contribution in [2.24, 2.45) is 10.7 Å². The van der Waals surface area contributed by atoms with Crippen LogP contribution in [0.25, 0.3) is 0 Å². The van der Waals surface area contributed by atoms with E-state index in [9.17, 15) is 0 Å². The van der Waals surface area contributed by atoms with Gasteiger partial charge in [0.25, 0.3) is 0 Å². The highest BCUT2D eigenvalue weighted by Gasteiger charge is 2.31. The van der Waals surface area contributed by atoms with Gasteiger partial charge in [-0.3, -0.25) is 5.73 Å². The Balaban J connectivity index is 2.01. The zero-order valence-electron chi connectivity index (χ0n) is 13.9. The molecular formula is C18H19Cl2N5. The van der Waals surface area contributed by atoms with Gasteiger partial charge in [-0.2, -0.15) is 0 Å². The molecule has 0 aliphatic carbocycles. The third-order valence-electron chi connectivity index (χ3n) is 3.80. The lowest BCUT2D eigenvalue weighted by Crippen LogP contribution is -2.47. The van der Waals surface area contributed by atoms with Gasteiger partial charge in [-0.1, -0.05) is 47.5 Å². The van der Waals surface area contributed by atoms with Crippen LogP contribution >= 0.6 is 23.2 Å². The van der Waals surface area contributed by atoms with E-state index >= 15 is 0 Å². The van der Waals surface area contributed by atoms with Crippen LogP contribution in [0.2, 0.25) is 10.0 Å². The minimum absolute atomic E-state index is 0.440. The summed E-state index contributed by atoms with van der Waals surface area (Å²) < 4.78 is 0. The van der Waals surface area contributed by atoms with Crippen LogP contribution in [0, 0.1) is 0 Å². The summed E-state index contributed by atoms with van der Waals surface area (Å²) in [7, 11) is 3.86. The molecule has 0 radical (unpaired) electrons. The summed E-state index contributed by atoms with van der Waals surface area (Å²) in [6, 6.07) is 15.0. The Bertz CT molecular complexity index is 833. The Morgan fingerprint density at radius 2 is 1.80 bits per heavy atom. The maximum absolute atomic E-state index is 6.60. The quantitative estimate of drug-likeness (QED) is 0.766. The molecule has 0 saturated carbocycles. The average molecular weight is 376 g/mol. The molecule has 1 aliphatic heterocycles. The Hall–Kier alpha value is -2.21. The van der Waals surface area contributed by atoms with Crippen molar-refractivity contribution >= 4 is 34.8 Å². The van der Waals surface area contributed by atoms with Crippen molar-refractivity contribution in [3.05, 3.63) is 76.0 Å². The minimum Gasteiger partial charge on any atom is -0.364 e. The predicted octanol–water partition coefficient (Wildman–Crippen LogP) is 3.58. The van der Waals surface area contributed by atoms with Gasteiger partial charge in [0.15, 0.2) is 5.66 Å². The second-order valence-electron chi connectivity index (χ2n) is 5.95. The summed E-state index contributed by atoms with van der Waals surface area (Å²) in [5, 5.41) is 7.41. The van der Waals surface area contributed by atoms with E-state index in [1.807, 2.05) is 61.5 Å². The lowest BCUT2D eigenvalue weighted by atomic mass is 9.99. The fourth-order valence-corrected chi connectivity index (χ4v) is 2.76. The number of hydrogen-bond donors (Lipinski definition) is 3. The molecule has 1 aliphatic rings. The van der Waals surface area contributed by atoms with Crippen LogP contribution in [-0.2, 0) is 5.66 Å². The molecule has 4 N–H and O–H groups in total. The molecule has 1 heterocycles. The van der Waals surface area contributed by atoms with Gasteiger partial charge >= 0.3 is 0 Å². The number of hydrogen-bond acceptors (Lipinski definition) is 5. The molecule has 1 unspecified atom stereocenters. The van der Waals surface area contributed by atoms with Crippen LogP contribution in [0.4, 0.5) is 5.69 Å². The summed E-state index contributed by atoms with van der Waals surface area (Å²) in [5.74, 6) is 1.37. The second-order valence-corrected chi connectivity index (χ2v) is 6.77. The molecule has 1 atom stereocenters. The molecule has 2 aromatic carbocycles. The van der Waals surface area contributed by atoms with Crippen molar-refractivity contribution in [1.82, 2.24) is 10.2 Å². The second kappa shape index (κ2) is 6.96. The molecule has 0 amide bonds. The summed E-state index contributed by atoms with van der Waals surface area (Å²) in [4.78, 5) is 6.58. The van der Waals surface area contributed by atoms with Crippen molar-refractivity contribution in [2.75, 3.05) is 19.4 Å². The highest BCUT2D eigenvalue weighted by atomic mass is 35.5. The van der Waals surface area contributed by atoms with Crippen LogP contribution in [-0.4, -0.2) is 25.0 Å². The molecule has 0 spiro atoms. The number of anilines is 1. The third kappa shape index (κ3) is 3.90. The van der Waals surface area contributed by atoms with E-state index in [2.05, 4.69) is 15.6 Å². The largest absolute Gasteiger partial charge is 0.364 e. The molecular weight excluding hydrogens is 357 g/mol. The number of nitrogens with zero attached hydrogens (tertiary/aromatic N) is 2. The standard InChI is InChI=1S/C18H19Cl2N5/c1-25(2)16-11-18(21,12-8-9-14(19)15(20)10-12)24-17(23-16)22-13-6-4-3-5-7-13/h3-11H,21H2,1-2H3,(H2,22,23,24). The molecule has 3 rings (SSSR count). The summed E-state index contributed by atoms with van der Waals surface area (Å²) in [6.45, 7) is 0. The van der Waals surface area contributed by atoms with Gasteiger partial charge in [0.05, 0.1) is 10.0 Å². The maximum Gasteiger partial charge on any atom is 0.203 e. The van der Waals surface area contributed by atoms with E-state index in [-0.39, 0.29) is 0 Å². The first kappa shape index (κ1) is 17.6. The first-order valence-electron chi connectivity index (χ1n) is 7.71. The van der Waals surface area contributed by atoms with Crippen LogP contribution in [0.3, 0.4) is 0 Å². The fourth-order valence-electron chi connectivity index (χ4n) is 2.46. The Morgan fingerprint density at radius 3 is 2.44 bits per heavy atom. The van der Waals surface area contributed by atoms with Gasteiger partial charge < -0.3 is 15.5 Å². The van der Waals surface area contributed by atoms with Crippen LogP contribution < -0.4 is 16.4 Å². The highest BCUT2D eigenvalue weighted by molar-refractivity contribution is 6.42. The van der Waals surface area contributed by atoms with Crippen molar-refractivity contribution < 1.29 is 0 Å². The van der Waals surface area contributed by atoms with Gasteiger partial charge in [-0.15, -0.1) is 0 Å². The lowest BCUT2D eigenvalue weighted by Gasteiger charge is -2.32. The number of rotatable bonds is 3. The number of para-hydroxylation sites is 1. The molecule has 7 heteroatoms. The van der Waals surface area contributed by atoms with E-state index < -0.39 is 5.66 Å². The van der Waals surface area contributed by atoms with Crippen molar-refractivity contribution in [2.45, 2.75) is 5.66 Å². The number of halogens is 2. The zero-order chi connectivity index (χ0) is 18.0. The smallest absolute Gasteiger partial charge is 0.203 e. The topological polar surface area (TPSA) is 65.7 Å². The van der Waals surface area contributed by atoms with Crippen LogP contribution in [0.1, 0.15) is 5.56 Å². The van der Waals surface area contributed by atoms with E-state index in [1.54, 1.807) is 12.1 Å². The SMILES string of the molecule is CN(C)C1=CC(N)(c2ccc(Cl)c(Cl)c2)N=C(Nc2ccccc2)N1. The summed E-state index contributed by atoms with van der Waals surface area (Å²) in [6.07, 6.45) is 1.85. The van der Waals surface area contributed by atoms with Gasteiger partial charge in [-0.25, -0.2) is 4.99 Å². The molecule has 0 bridgehead atoms. The summed E-state index contributed by atoms with van der Waals surface area (Å²) in [5.41, 5.74) is 7.18. The average Bonchev–Trinajstić information content (AvgIpc) is 2.57. The Morgan fingerprint density at radius 1 is 1.08 bits per heavy atom. The van der Waals surface area contributed by atoms with Crippen molar-refractivity contribution in [3.8, 4) is 0 Å². The van der Waals surface area contributed by atoms with Gasteiger partial charge in [0, 0.05) is 25.9 Å². The van der Waals surface area contributed by atoms with Gasteiger partial charge in [-0.05, 0) is 29.8 Å². The van der Waals surface area contributed by atoms with E-state index in [1.165, 1.54) is 0 Å². The van der Waals surface area contributed by atoms with E-state index in [4.69, 9.17) is 28.9 Å². The monoisotopic (exact) mass is 375 g/mol. The highest BCUT2D eigenvalue weighted by Crippen LogP contribution is 2.31. The van der Waals surface area contributed by atoms with Gasteiger partial charge in [0.1, 0.15) is 5.82 Å². The van der Waals surface area contributed by atoms with E-state index in [0.717, 1.165) is 17.1 Å². The number of guanidine groups is 1. The minimum atomic E-state index is -1.07. The van der Waals surface area contributed by atoms with Crippen molar-refractivity contribution in [3.63, 3.8) is 0 Å². The Labute approximate surface area is 157 Å². The molecule has 2 aromatic rings. The van der Waals surface area contributed by atoms with Crippen molar-refractivity contribution in [1.29, 1.82) is 0 Å². The number of nitrogens with one attached hydrogen (secondary N) is 2. The molecule has 0 aromatic heterocycles.